The number of fused-ring (bicyclic) bond motifs is 1. The van der Waals surface area contributed by atoms with E-state index in [9.17, 15) is 4.39 Å². The van der Waals surface area contributed by atoms with E-state index >= 15 is 0 Å². The lowest BCUT2D eigenvalue weighted by molar-refractivity contribution is 0.0554. The van der Waals surface area contributed by atoms with Crippen molar-refractivity contribution in [2.75, 3.05) is 52.6 Å². The number of benzene rings is 2. The van der Waals surface area contributed by atoms with E-state index in [2.05, 4.69) is 84.8 Å². The van der Waals surface area contributed by atoms with Gasteiger partial charge in [-0.05, 0) is 104 Å². The lowest BCUT2D eigenvalue weighted by atomic mass is 9.87. The summed E-state index contributed by atoms with van der Waals surface area (Å²) in [5.41, 5.74) is 10.5. The van der Waals surface area contributed by atoms with Crippen molar-refractivity contribution in [3.05, 3.63) is 106 Å². The zero-order chi connectivity index (χ0) is 28.6. The van der Waals surface area contributed by atoms with Gasteiger partial charge in [-0.2, -0.15) is 0 Å². The van der Waals surface area contributed by atoms with E-state index in [1.54, 1.807) is 0 Å². The highest BCUT2D eigenvalue weighted by Gasteiger charge is 2.24. The zero-order valence-electron chi connectivity index (χ0n) is 24.8. The van der Waals surface area contributed by atoms with Crippen molar-refractivity contribution >= 4 is 5.57 Å². The highest BCUT2D eigenvalue weighted by Crippen LogP contribution is 2.39. The molecule has 4 nitrogen and oxygen atoms in total. The third kappa shape index (κ3) is 7.38. The molecule has 0 N–H and O–H groups in total. The minimum Gasteiger partial charge on any atom is -0.489 e. The Bertz CT molecular complexity index is 1290. The van der Waals surface area contributed by atoms with Crippen molar-refractivity contribution in [1.82, 2.24) is 9.80 Å². The molecule has 0 radical (unpaired) electrons. The molecule has 218 valence electrons. The molecule has 2 aliphatic heterocycles. The predicted molar refractivity (Wildman–Crippen MR) is 167 cm³/mol. The summed E-state index contributed by atoms with van der Waals surface area (Å²) < 4.78 is 24.5. The molecule has 0 saturated carbocycles. The van der Waals surface area contributed by atoms with Crippen LogP contribution in [0.4, 0.5) is 4.39 Å². The number of allylic oxidation sites excluding steroid dienone is 5. The fourth-order valence-corrected chi connectivity index (χ4v) is 6.35. The Morgan fingerprint density at radius 3 is 2.63 bits per heavy atom. The first kappa shape index (κ1) is 29.3. The van der Waals surface area contributed by atoms with Gasteiger partial charge in [0.25, 0.3) is 0 Å². The maximum Gasteiger partial charge on any atom is 0.119 e. The lowest BCUT2D eigenvalue weighted by Gasteiger charge is -2.29. The molecule has 3 aliphatic rings. The molecule has 0 bridgehead atoms. The molecule has 2 aromatic carbocycles. The molecule has 5 heteroatoms. The van der Waals surface area contributed by atoms with Gasteiger partial charge in [0.15, 0.2) is 0 Å². The number of halogens is 1. The molecular formula is C36H45FN2O2. The van der Waals surface area contributed by atoms with Crippen molar-refractivity contribution in [1.29, 1.82) is 0 Å². The topological polar surface area (TPSA) is 24.9 Å². The van der Waals surface area contributed by atoms with Gasteiger partial charge in [-0.15, -0.1) is 0 Å². The van der Waals surface area contributed by atoms with Crippen LogP contribution in [0, 0.1) is 6.92 Å². The van der Waals surface area contributed by atoms with Crippen LogP contribution in [-0.2, 0) is 11.2 Å². The number of morpholine rings is 1. The average molecular weight is 557 g/mol. The maximum absolute atomic E-state index is 12.6. The molecule has 2 fully saturated rings. The molecule has 5 rings (SSSR count). The Morgan fingerprint density at radius 1 is 1.07 bits per heavy atom. The second-order valence-electron chi connectivity index (χ2n) is 11.5. The number of aryl methyl sites for hydroxylation is 2. The van der Waals surface area contributed by atoms with Gasteiger partial charge in [0.2, 0.25) is 0 Å². The fraction of sp³-hybridized carbons (Fsp3) is 0.444. The highest BCUT2D eigenvalue weighted by atomic mass is 19.1. The molecule has 0 amide bonds. The second kappa shape index (κ2) is 14.2. The molecule has 2 heterocycles. The monoisotopic (exact) mass is 556 g/mol. The van der Waals surface area contributed by atoms with Crippen LogP contribution < -0.4 is 4.74 Å². The van der Waals surface area contributed by atoms with Gasteiger partial charge in [0.1, 0.15) is 11.9 Å². The van der Waals surface area contributed by atoms with Gasteiger partial charge >= 0.3 is 0 Å². The van der Waals surface area contributed by atoms with E-state index in [1.165, 1.54) is 39.0 Å². The van der Waals surface area contributed by atoms with Gasteiger partial charge in [0, 0.05) is 38.4 Å². The van der Waals surface area contributed by atoms with Crippen molar-refractivity contribution < 1.29 is 13.9 Å². The summed E-state index contributed by atoms with van der Waals surface area (Å²) in [7, 11) is 0. The smallest absolute Gasteiger partial charge is 0.119 e. The molecular weight excluding hydrogens is 511 g/mol. The quantitative estimate of drug-likeness (QED) is 0.287. The van der Waals surface area contributed by atoms with E-state index in [1.807, 2.05) is 6.08 Å². The predicted octanol–water partition coefficient (Wildman–Crippen LogP) is 7.29. The van der Waals surface area contributed by atoms with Crippen molar-refractivity contribution in [2.24, 2.45) is 0 Å². The summed E-state index contributed by atoms with van der Waals surface area (Å²) in [5, 5.41) is 0. The largest absolute Gasteiger partial charge is 0.489 e. The van der Waals surface area contributed by atoms with E-state index < -0.39 is 0 Å². The fourth-order valence-electron chi connectivity index (χ4n) is 6.35. The van der Waals surface area contributed by atoms with Crippen LogP contribution in [-0.4, -0.2) is 68.5 Å². The number of hydrogen-bond acceptors (Lipinski definition) is 4. The lowest BCUT2D eigenvalue weighted by Crippen LogP contribution is -2.35. The SMILES string of the molecule is C=C/C(=C\C=C(/C)C1=C(c2ccc(O[C@H]3CCN(CCCF)C3)cc2)c2ccc(C)cc2CCC1)N1CCOCC1. The standard InChI is InChI=1S/C36H45FN2O2/c1-4-31(39-21-23-40-24-22-39)13-10-28(3)34-8-5-7-30-25-27(2)9-16-35(30)36(34)29-11-14-32(15-12-29)41-33-17-20-38(26-33)19-6-18-37/h4,9-16,25,33H,1,5-8,17-24,26H2,2-3H3/b28-10+,31-13+/t33-/m0/s1. The van der Waals surface area contributed by atoms with Crippen LogP contribution in [0.5, 0.6) is 5.75 Å². The van der Waals surface area contributed by atoms with Gasteiger partial charge in [-0.3, -0.25) is 9.29 Å². The van der Waals surface area contributed by atoms with Crippen molar-refractivity contribution in [3.63, 3.8) is 0 Å². The third-order valence-electron chi connectivity index (χ3n) is 8.55. The van der Waals surface area contributed by atoms with Crippen LogP contribution >= 0.6 is 0 Å². The maximum atomic E-state index is 12.6. The summed E-state index contributed by atoms with van der Waals surface area (Å²) in [6.45, 7) is 14.2. The Morgan fingerprint density at radius 2 is 1.88 bits per heavy atom. The molecule has 0 spiro atoms. The van der Waals surface area contributed by atoms with Gasteiger partial charge in [-0.1, -0.05) is 48.6 Å². The second-order valence-corrected chi connectivity index (χ2v) is 11.5. The summed E-state index contributed by atoms with van der Waals surface area (Å²) in [6, 6.07) is 15.6. The Hall–Kier alpha value is -3.15. The highest BCUT2D eigenvalue weighted by molar-refractivity contribution is 5.86. The van der Waals surface area contributed by atoms with E-state index in [0.29, 0.717) is 6.42 Å². The first-order valence-electron chi connectivity index (χ1n) is 15.3. The Labute approximate surface area is 245 Å². The zero-order valence-corrected chi connectivity index (χ0v) is 24.8. The molecule has 2 aromatic rings. The number of rotatable bonds is 10. The first-order chi connectivity index (χ1) is 20.1. The number of likely N-dealkylation sites (tertiary alicyclic amines) is 1. The van der Waals surface area contributed by atoms with Crippen LogP contribution in [0.2, 0.25) is 0 Å². The third-order valence-corrected chi connectivity index (χ3v) is 8.55. The first-order valence-corrected chi connectivity index (χ1v) is 15.3. The van der Waals surface area contributed by atoms with E-state index in [-0.39, 0.29) is 12.8 Å². The summed E-state index contributed by atoms with van der Waals surface area (Å²) in [6.07, 6.45) is 11.5. The van der Waals surface area contributed by atoms with Crippen LogP contribution in [0.25, 0.3) is 5.57 Å². The molecule has 1 aliphatic carbocycles. The number of hydrogen-bond donors (Lipinski definition) is 0. The number of alkyl halides is 1. The van der Waals surface area contributed by atoms with Crippen LogP contribution in [0.1, 0.15) is 54.9 Å². The van der Waals surface area contributed by atoms with Crippen LogP contribution in [0.3, 0.4) is 0 Å². The summed E-state index contributed by atoms with van der Waals surface area (Å²) >= 11 is 0. The van der Waals surface area contributed by atoms with E-state index in [4.69, 9.17) is 9.47 Å². The van der Waals surface area contributed by atoms with Gasteiger partial charge < -0.3 is 14.4 Å². The van der Waals surface area contributed by atoms with Crippen LogP contribution in [0.15, 0.2) is 84.1 Å². The average Bonchev–Trinajstić information content (AvgIpc) is 3.35. The molecule has 0 aromatic heterocycles. The minimum absolute atomic E-state index is 0.166. The van der Waals surface area contributed by atoms with Crippen molar-refractivity contribution in [3.8, 4) is 5.75 Å². The normalized spacial score (nSPS) is 20.7. The van der Waals surface area contributed by atoms with Crippen molar-refractivity contribution in [2.45, 2.75) is 52.1 Å². The number of nitrogens with zero attached hydrogens (tertiary/aromatic N) is 2. The minimum atomic E-state index is -0.252. The van der Waals surface area contributed by atoms with Gasteiger partial charge in [-0.25, -0.2) is 0 Å². The molecule has 41 heavy (non-hydrogen) atoms. The molecule has 1 atom stereocenters. The Balaban J connectivity index is 1.44. The summed E-state index contributed by atoms with van der Waals surface area (Å²) in [5.74, 6) is 0.905. The van der Waals surface area contributed by atoms with Gasteiger partial charge in [0.05, 0.1) is 19.9 Å². The van der Waals surface area contributed by atoms with E-state index in [0.717, 1.165) is 83.1 Å². The number of ether oxygens (including phenoxy) is 2. The molecule has 2 saturated heterocycles. The molecule has 0 unspecified atom stereocenters. The Kier molecular flexibility index (Phi) is 10.1. The summed E-state index contributed by atoms with van der Waals surface area (Å²) in [4.78, 5) is 4.66.